The highest BCUT2D eigenvalue weighted by molar-refractivity contribution is 6.08. The van der Waals surface area contributed by atoms with E-state index in [-0.39, 0.29) is 0 Å². The van der Waals surface area contributed by atoms with E-state index >= 15 is 0 Å². The maximum Gasteiger partial charge on any atom is 0.344 e. The van der Waals surface area contributed by atoms with Crippen LogP contribution in [0.4, 0.5) is 5.82 Å². The van der Waals surface area contributed by atoms with E-state index < -0.39 is 5.97 Å². The van der Waals surface area contributed by atoms with E-state index in [1.54, 1.807) is 0 Å². The third kappa shape index (κ3) is 3.29. The molecule has 0 fully saturated rings. The largest absolute Gasteiger partial charge is 0.462 e. The van der Waals surface area contributed by atoms with E-state index in [1.807, 2.05) is 66.1 Å². The summed E-state index contributed by atoms with van der Waals surface area (Å²) < 4.78 is 7.27. The number of anilines is 1. The number of aromatic nitrogens is 3. The quantitative estimate of drug-likeness (QED) is 0.404. The maximum absolute atomic E-state index is 12.8. The Kier molecular flexibility index (Phi) is 4.93. The van der Waals surface area contributed by atoms with Crippen molar-refractivity contribution in [3.63, 3.8) is 0 Å². The Morgan fingerprint density at radius 2 is 1.71 bits per heavy atom. The lowest BCUT2D eigenvalue weighted by atomic mass is 10.2. The van der Waals surface area contributed by atoms with Gasteiger partial charge in [-0.15, -0.1) is 0 Å². The van der Waals surface area contributed by atoms with Gasteiger partial charge in [-0.25, -0.2) is 14.8 Å². The Hall–Kier alpha value is -3.41. The highest BCUT2D eigenvalue weighted by Gasteiger charge is 2.25. The van der Waals surface area contributed by atoms with Crippen molar-refractivity contribution in [1.29, 1.82) is 0 Å². The van der Waals surface area contributed by atoms with Gasteiger partial charge in [0, 0.05) is 0 Å². The molecule has 2 heterocycles. The molecule has 0 aliphatic rings. The average Bonchev–Trinajstić information content (AvgIpc) is 2.98. The lowest BCUT2D eigenvalue weighted by molar-refractivity contribution is 0.0503. The minimum absolute atomic E-state index is 0.292. The van der Waals surface area contributed by atoms with Gasteiger partial charge in [0.2, 0.25) is 0 Å². The second-order valence-electron chi connectivity index (χ2n) is 6.71. The van der Waals surface area contributed by atoms with E-state index in [0.29, 0.717) is 35.7 Å². The van der Waals surface area contributed by atoms with Crippen molar-refractivity contribution < 1.29 is 9.53 Å². The monoisotopic (exact) mass is 374 g/mol. The van der Waals surface area contributed by atoms with Gasteiger partial charge in [-0.05, 0) is 24.1 Å². The number of esters is 1. The first-order valence-corrected chi connectivity index (χ1v) is 9.44. The van der Waals surface area contributed by atoms with Crippen LogP contribution in [-0.2, 0) is 11.3 Å². The molecule has 2 aromatic carbocycles. The Morgan fingerprint density at radius 1 is 1.04 bits per heavy atom. The predicted octanol–water partition coefficient (Wildman–Crippen LogP) is 4.17. The average molecular weight is 374 g/mol. The van der Waals surface area contributed by atoms with E-state index in [1.165, 1.54) is 0 Å². The normalized spacial score (nSPS) is 11.2. The number of para-hydroxylation sites is 2. The molecule has 0 aliphatic heterocycles. The summed E-state index contributed by atoms with van der Waals surface area (Å²) in [5.41, 5.74) is 10.3. The van der Waals surface area contributed by atoms with Crippen LogP contribution in [0.25, 0.3) is 22.2 Å². The van der Waals surface area contributed by atoms with Gasteiger partial charge in [0.15, 0.2) is 5.65 Å². The van der Waals surface area contributed by atoms with Gasteiger partial charge in [-0.2, -0.15) is 0 Å². The van der Waals surface area contributed by atoms with Gasteiger partial charge in [0.05, 0.1) is 24.2 Å². The number of carbonyl (C=O) groups is 1. The molecule has 0 bridgehead atoms. The zero-order valence-corrected chi connectivity index (χ0v) is 15.8. The second kappa shape index (κ2) is 7.68. The number of carbonyl (C=O) groups excluding carboxylic acids is 1. The van der Waals surface area contributed by atoms with Crippen molar-refractivity contribution in [3.8, 4) is 0 Å². The minimum atomic E-state index is -0.452. The van der Waals surface area contributed by atoms with Gasteiger partial charge in [-0.3, -0.25) is 0 Å². The summed E-state index contributed by atoms with van der Waals surface area (Å²) in [5.74, 6) is -0.122. The highest BCUT2D eigenvalue weighted by atomic mass is 16.5. The van der Waals surface area contributed by atoms with Crippen molar-refractivity contribution in [2.45, 2.75) is 26.3 Å². The molecular weight excluding hydrogens is 352 g/mol. The molecular formula is C22H22N4O2. The summed E-state index contributed by atoms with van der Waals surface area (Å²) in [6, 6.07) is 17.5. The second-order valence-corrected chi connectivity index (χ2v) is 6.71. The molecule has 6 heteroatoms. The van der Waals surface area contributed by atoms with Crippen molar-refractivity contribution in [3.05, 3.63) is 65.7 Å². The molecule has 0 atom stereocenters. The van der Waals surface area contributed by atoms with Gasteiger partial charge in [0.1, 0.15) is 16.9 Å². The number of unbranched alkanes of at least 4 members (excludes halogenated alkanes) is 1. The number of hydrogen-bond acceptors (Lipinski definition) is 5. The molecule has 6 nitrogen and oxygen atoms in total. The molecule has 4 rings (SSSR count). The molecule has 142 valence electrons. The molecule has 4 aromatic rings. The predicted molar refractivity (Wildman–Crippen MR) is 110 cm³/mol. The maximum atomic E-state index is 12.8. The van der Waals surface area contributed by atoms with Crippen LogP contribution in [0.15, 0.2) is 54.6 Å². The van der Waals surface area contributed by atoms with Crippen LogP contribution in [0.3, 0.4) is 0 Å². The number of benzene rings is 2. The summed E-state index contributed by atoms with van der Waals surface area (Å²) in [6.07, 6.45) is 1.76. The van der Waals surface area contributed by atoms with Crippen LogP contribution in [-0.4, -0.2) is 27.1 Å². The summed E-state index contributed by atoms with van der Waals surface area (Å²) in [4.78, 5) is 22.2. The molecule has 0 spiro atoms. The molecule has 0 radical (unpaired) electrons. The van der Waals surface area contributed by atoms with Gasteiger partial charge in [0.25, 0.3) is 0 Å². The smallest absolute Gasteiger partial charge is 0.344 e. The highest BCUT2D eigenvalue weighted by Crippen LogP contribution is 2.29. The Balaban J connectivity index is 1.88. The summed E-state index contributed by atoms with van der Waals surface area (Å²) >= 11 is 0. The standard InChI is InChI=1S/C22H22N4O2/c1-2-3-13-28-22(27)18-19-21(25-17-12-8-7-11-16(17)24-19)26(20(18)23)14-15-9-5-4-6-10-15/h4-12H,2-3,13-14,23H2,1H3. The van der Waals surface area contributed by atoms with Crippen LogP contribution in [0.2, 0.25) is 0 Å². The van der Waals surface area contributed by atoms with E-state index in [4.69, 9.17) is 15.5 Å². The molecule has 0 unspecified atom stereocenters. The van der Waals surface area contributed by atoms with Crippen LogP contribution in [0.1, 0.15) is 35.7 Å². The van der Waals surface area contributed by atoms with E-state index in [9.17, 15) is 4.79 Å². The van der Waals surface area contributed by atoms with Crippen LogP contribution >= 0.6 is 0 Å². The van der Waals surface area contributed by atoms with Gasteiger partial charge in [-0.1, -0.05) is 55.8 Å². The Bertz CT molecular complexity index is 1140. The molecule has 0 saturated heterocycles. The Labute approximate surface area is 163 Å². The van der Waals surface area contributed by atoms with Crippen molar-refractivity contribution in [1.82, 2.24) is 14.5 Å². The molecule has 0 amide bonds. The summed E-state index contributed by atoms with van der Waals surface area (Å²) in [6.45, 7) is 2.91. The lowest BCUT2D eigenvalue weighted by Gasteiger charge is -2.08. The molecule has 28 heavy (non-hydrogen) atoms. The van der Waals surface area contributed by atoms with Crippen LogP contribution in [0, 0.1) is 0 Å². The third-order valence-corrected chi connectivity index (χ3v) is 4.71. The fraction of sp³-hybridized carbons (Fsp3) is 0.227. The van der Waals surface area contributed by atoms with Crippen molar-refractivity contribution in [2.75, 3.05) is 12.3 Å². The number of ether oxygens (including phenoxy) is 1. The van der Waals surface area contributed by atoms with Crippen molar-refractivity contribution >= 4 is 34.0 Å². The number of nitrogens with two attached hydrogens (primary N) is 1. The third-order valence-electron chi connectivity index (χ3n) is 4.71. The number of hydrogen-bond donors (Lipinski definition) is 1. The zero-order valence-electron chi connectivity index (χ0n) is 15.8. The summed E-state index contributed by atoms with van der Waals surface area (Å²) in [7, 11) is 0. The lowest BCUT2D eigenvalue weighted by Crippen LogP contribution is -2.11. The number of fused-ring (bicyclic) bond motifs is 2. The van der Waals surface area contributed by atoms with E-state index in [0.717, 1.165) is 29.4 Å². The number of nitrogens with zero attached hydrogens (tertiary/aromatic N) is 3. The SMILES string of the molecule is CCCCOC(=O)c1c(N)n(Cc2ccccc2)c2nc3ccccc3nc12. The Morgan fingerprint density at radius 3 is 2.43 bits per heavy atom. The van der Waals surface area contributed by atoms with Crippen LogP contribution in [0.5, 0.6) is 0 Å². The first-order chi connectivity index (χ1) is 13.7. The molecule has 2 aromatic heterocycles. The fourth-order valence-electron chi connectivity index (χ4n) is 3.23. The van der Waals surface area contributed by atoms with Gasteiger partial charge < -0.3 is 15.0 Å². The fourth-order valence-corrected chi connectivity index (χ4v) is 3.23. The molecule has 0 aliphatic carbocycles. The van der Waals surface area contributed by atoms with Crippen molar-refractivity contribution in [2.24, 2.45) is 0 Å². The first-order valence-electron chi connectivity index (χ1n) is 9.44. The molecule has 2 N–H and O–H groups in total. The number of rotatable bonds is 6. The topological polar surface area (TPSA) is 83.0 Å². The first kappa shape index (κ1) is 18.0. The zero-order chi connectivity index (χ0) is 19.5. The van der Waals surface area contributed by atoms with E-state index in [2.05, 4.69) is 4.98 Å². The number of nitrogen functional groups attached to an aromatic ring is 1. The minimum Gasteiger partial charge on any atom is -0.462 e. The van der Waals surface area contributed by atoms with Gasteiger partial charge >= 0.3 is 5.97 Å². The van der Waals surface area contributed by atoms with Crippen LogP contribution < -0.4 is 5.73 Å². The molecule has 0 saturated carbocycles. The summed E-state index contributed by atoms with van der Waals surface area (Å²) in [5, 5.41) is 0.